The lowest BCUT2D eigenvalue weighted by molar-refractivity contribution is 0.0697. The van der Waals surface area contributed by atoms with E-state index in [1.165, 1.54) is 24.3 Å². The number of fused-ring (bicyclic) bond motifs is 1. The lowest BCUT2D eigenvalue weighted by Gasteiger charge is -2.15. The van der Waals surface area contributed by atoms with Crippen molar-refractivity contribution in [3.63, 3.8) is 0 Å². The minimum absolute atomic E-state index is 0.0464. The zero-order chi connectivity index (χ0) is 30.0. The van der Waals surface area contributed by atoms with Crippen LogP contribution >= 0.6 is 0 Å². The number of nitrogens with zero attached hydrogens (tertiary/aromatic N) is 3. The molecule has 0 unspecified atom stereocenters. The fourth-order valence-corrected chi connectivity index (χ4v) is 4.63. The van der Waals surface area contributed by atoms with Gasteiger partial charge in [-0.2, -0.15) is 0 Å². The van der Waals surface area contributed by atoms with Crippen LogP contribution in [0.2, 0.25) is 0 Å². The van der Waals surface area contributed by atoms with Crippen molar-refractivity contribution in [1.29, 1.82) is 0 Å². The Morgan fingerprint density at radius 3 is 2.48 bits per heavy atom. The number of carbonyl (C=O) groups is 1. The van der Waals surface area contributed by atoms with E-state index in [0.717, 1.165) is 17.7 Å². The van der Waals surface area contributed by atoms with Crippen LogP contribution in [0.25, 0.3) is 22.3 Å². The maximum atomic E-state index is 15.4. The van der Waals surface area contributed by atoms with Crippen LogP contribution in [0.3, 0.4) is 0 Å². The van der Waals surface area contributed by atoms with Gasteiger partial charge in [0, 0.05) is 30.7 Å². The predicted octanol–water partition coefficient (Wildman–Crippen LogP) is 6.73. The van der Waals surface area contributed by atoms with Gasteiger partial charge < -0.3 is 19.1 Å². The average Bonchev–Trinajstić information content (AvgIpc) is 3.30. The summed E-state index contributed by atoms with van der Waals surface area (Å²) in [7, 11) is 1.55. The van der Waals surface area contributed by atoms with Crippen LogP contribution in [-0.4, -0.2) is 38.8 Å². The number of aromatic nitrogens is 3. The van der Waals surface area contributed by atoms with E-state index in [2.05, 4.69) is 9.97 Å². The first-order valence-corrected chi connectivity index (χ1v) is 13.2. The van der Waals surface area contributed by atoms with Crippen molar-refractivity contribution >= 4 is 17.0 Å². The van der Waals surface area contributed by atoms with Crippen molar-refractivity contribution in [2.24, 2.45) is 0 Å². The predicted molar refractivity (Wildman–Crippen MR) is 151 cm³/mol. The number of imidazole rings is 1. The average molecular weight is 576 g/mol. The molecule has 7 nitrogen and oxygen atoms in total. The lowest BCUT2D eigenvalue weighted by atomic mass is 10.0. The van der Waals surface area contributed by atoms with Crippen molar-refractivity contribution < 1.29 is 32.5 Å². The zero-order valence-electron chi connectivity index (χ0n) is 23.2. The van der Waals surface area contributed by atoms with Crippen LogP contribution in [-0.2, 0) is 24.3 Å². The Labute approximate surface area is 240 Å². The Bertz CT molecular complexity index is 1790. The van der Waals surface area contributed by atoms with E-state index in [4.69, 9.17) is 9.47 Å². The van der Waals surface area contributed by atoms with Gasteiger partial charge in [0.1, 0.15) is 29.9 Å². The Morgan fingerprint density at radius 1 is 0.952 bits per heavy atom. The highest BCUT2D eigenvalue weighted by molar-refractivity contribution is 5.92. The van der Waals surface area contributed by atoms with Crippen molar-refractivity contribution in [2.45, 2.75) is 39.5 Å². The van der Waals surface area contributed by atoms with E-state index >= 15 is 8.78 Å². The monoisotopic (exact) mass is 575 g/mol. The fraction of sp³-hybridized carbons (Fsp3) is 0.219. The van der Waals surface area contributed by atoms with E-state index in [1.54, 1.807) is 48.9 Å². The highest BCUT2D eigenvalue weighted by Crippen LogP contribution is 2.28. The lowest BCUT2D eigenvalue weighted by Crippen LogP contribution is -2.17. The van der Waals surface area contributed by atoms with Gasteiger partial charge in [0.2, 0.25) is 5.88 Å². The molecule has 0 saturated carbocycles. The number of pyridine rings is 1. The maximum Gasteiger partial charge on any atom is 0.335 e. The number of hydrogen-bond acceptors (Lipinski definition) is 5. The van der Waals surface area contributed by atoms with E-state index in [-0.39, 0.29) is 47.4 Å². The summed E-state index contributed by atoms with van der Waals surface area (Å²) in [5.41, 5.74) is 2.47. The van der Waals surface area contributed by atoms with Gasteiger partial charge >= 0.3 is 5.97 Å². The summed E-state index contributed by atoms with van der Waals surface area (Å²) >= 11 is 0. The number of methoxy groups -OCH3 is 1. The molecule has 5 rings (SSSR count). The molecule has 2 aromatic heterocycles. The molecular weight excluding hydrogens is 547 g/mol. The molecule has 0 saturated heterocycles. The van der Waals surface area contributed by atoms with Gasteiger partial charge in [0.05, 0.1) is 34.9 Å². The molecule has 42 heavy (non-hydrogen) atoms. The summed E-state index contributed by atoms with van der Waals surface area (Å²) in [6.45, 7) is 3.88. The fourth-order valence-electron chi connectivity index (χ4n) is 4.63. The molecule has 0 fully saturated rings. The third kappa shape index (κ3) is 6.13. The van der Waals surface area contributed by atoms with Crippen molar-refractivity contribution in [3.05, 3.63) is 112 Å². The van der Waals surface area contributed by atoms with Gasteiger partial charge in [-0.05, 0) is 67.4 Å². The molecule has 5 aromatic rings. The van der Waals surface area contributed by atoms with Gasteiger partial charge in [0.15, 0.2) is 0 Å². The van der Waals surface area contributed by atoms with Gasteiger partial charge in [-0.3, -0.25) is 0 Å². The van der Waals surface area contributed by atoms with E-state index in [9.17, 15) is 14.3 Å². The summed E-state index contributed by atoms with van der Waals surface area (Å²) < 4.78 is 57.8. The molecule has 10 heteroatoms. The van der Waals surface area contributed by atoms with Crippen LogP contribution in [0.5, 0.6) is 5.88 Å². The molecule has 0 radical (unpaired) electrons. The smallest absolute Gasteiger partial charge is 0.335 e. The van der Waals surface area contributed by atoms with Crippen LogP contribution in [0.15, 0.2) is 66.7 Å². The second-order valence-corrected chi connectivity index (χ2v) is 10.0. The number of aromatic carboxylic acids is 1. The summed E-state index contributed by atoms with van der Waals surface area (Å²) in [6, 6.07) is 16.2. The first kappa shape index (κ1) is 28.8. The van der Waals surface area contributed by atoms with Crippen LogP contribution < -0.4 is 4.74 Å². The number of ether oxygens (including phenoxy) is 2. The topological polar surface area (TPSA) is 86.5 Å². The number of carboxylic acids is 1. The number of hydrogen-bond donors (Lipinski definition) is 1. The van der Waals surface area contributed by atoms with Gasteiger partial charge in [-0.25, -0.2) is 27.9 Å². The molecule has 0 aliphatic heterocycles. The van der Waals surface area contributed by atoms with Crippen LogP contribution in [0.4, 0.5) is 13.2 Å². The first-order chi connectivity index (χ1) is 20.1. The van der Waals surface area contributed by atoms with E-state index in [1.807, 2.05) is 6.92 Å². The largest absolute Gasteiger partial charge is 0.478 e. The normalized spacial score (nSPS) is 12.0. The van der Waals surface area contributed by atoms with Crippen molar-refractivity contribution in [1.82, 2.24) is 14.5 Å². The second kappa shape index (κ2) is 12.0. The molecular formula is C32H28F3N3O4. The number of rotatable bonds is 10. The zero-order valence-corrected chi connectivity index (χ0v) is 23.2. The molecule has 0 bridgehead atoms. The van der Waals surface area contributed by atoms with E-state index < -0.39 is 23.4 Å². The Morgan fingerprint density at radius 2 is 1.74 bits per heavy atom. The standard InChI is InChI=1S/C32H28F3N3O4/c1-18-7-8-21(24(33)11-18)17-42-31-6-4-5-27(37-31)23-15-25(34)22(12-26(23)35)14-30-36-28-10-9-20(32(39)40)13-29(28)38(30)16-19(2)41-3/h4-13,15,19H,14,16-17H2,1-3H3,(H,39,40)/t19-/m1/s1. The molecule has 0 spiro atoms. The molecule has 3 aromatic carbocycles. The van der Waals surface area contributed by atoms with Crippen molar-refractivity contribution in [3.8, 4) is 17.1 Å². The summed E-state index contributed by atoms with van der Waals surface area (Å²) in [6.07, 6.45) is -0.295. The molecule has 1 atom stereocenters. The highest BCUT2D eigenvalue weighted by atomic mass is 19.1. The number of aryl methyl sites for hydroxylation is 1. The van der Waals surface area contributed by atoms with Crippen molar-refractivity contribution in [2.75, 3.05) is 7.11 Å². The molecule has 216 valence electrons. The first-order valence-electron chi connectivity index (χ1n) is 13.2. The van der Waals surface area contributed by atoms with E-state index in [0.29, 0.717) is 29.0 Å². The van der Waals surface area contributed by atoms with Gasteiger partial charge in [-0.15, -0.1) is 0 Å². The summed E-state index contributed by atoms with van der Waals surface area (Å²) in [4.78, 5) is 20.4. The molecule has 0 aliphatic carbocycles. The second-order valence-electron chi connectivity index (χ2n) is 10.0. The SMILES string of the molecule is CO[C@H](C)Cn1c(Cc2cc(F)c(-c3cccc(OCc4ccc(C)cc4F)n3)cc2F)nc2ccc(C(=O)O)cc21. The quantitative estimate of drug-likeness (QED) is 0.199. The Hall–Kier alpha value is -4.70. The minimum Gasteiger partial charge on any atom is -0.478 e. The number of carboxylic acid groups (broad SMARTS) is 1. The molecule has 2 heterocycles. The number of halogens is 3. The Kier molecular flexibility index (Phi) is 8.26. The molecule has 1 N–H and O–H groups in total. The maximum absolute atomic E-state index is 15.4. The Balaban J connectivity index is 1.43. The molecule has 0 aliphatic rings. The van der Waals surface area contributed by atoms with Gasteiger partial charge in [-0.1, -0.05) is 18.2 Å². The van der Waals surface area contributed by atoms with Crippen LogP contribution in [0, 0.1) is 24.4 Å². The van der Waals surface area contributed by atoms with Crippen LogP contribution in [0.1, 0.15) is 39.8 Å². The summed E-state index contributed by atoms with van der Waals surface area (Å²) in [5.74, 6) is -2.27. The van der Waals surface area contributed by atoms with Gasteiger partial charge in [0.25, 0.3) is 0 Å². The highest BCUT2D eigenvalue weighted by Gasteiger charge is 2.19. The third-order valence-electron chi connectivity index (χ3n) is 6.98. The number of benzene rings is 3. The minimum atomic E-state index is -1.08. The molecule has 0 amide bonds. The third-order valence-corrected chi connectivity index (χ3v) is 6.98. The summed E-state index contributed by atoms with van der Waals surface area (Å²) in [5, 5.41) is 9.44.